The summed E-state index contributed by atoms with van der Waals surface area (Å²) in [6.45, 7) is 3.58. The zero-order valence-corrected chi connectivity index (χ0v) is 11.9. The Bertz CT molecular complexity index is 491. The van der Waals surface area contributed by atoms with Crippen LogP contribution in [0.3, 0.4) is 0 Å². The standard InChI is InChI=1S/C15H19NO4/c1-11(2)16(10-15(19)20-3)14(18)9-6-12-4-7-13(17)8-5-12/h4-9,11,17H,10H2,1-3H3. The topological polar surface area (TPSA) is 66.8 Å². The minimum atomic E-state index is -0.454. The number of nitrogens with zero attached hydrogens (tertiary/aromatic N) is 1. The Morgan fingerprint density at radius 1 is 1.30 bits per heavy atom. The molecule has 1 aromatic carbocycles. The minimum Gasteiger partial charge on any atom is -0.508 e. The molecule has 5 nitrogen and oxygen atoms in total. The van der Waals surface area contributed by atoms with Crippen LogP contribution in [0.4, 0.5) is 0 Å². The summed E-state index contributed by atoms with van der Waals surface area (Å²) in [4.78, 5) is 24.8. The fourth-order valence-corrected chi connectivity index (χ4v) is 1.57. The summed E-state index contributed by atoms with van der Waals surface area (Å²) in [7, 11) is 1.29. The third kappa shape index (κ3) is 4.76. The van der Waals surface area contributed by atoms with Gasteiger partial charge in [-0.05, 0) is 37.6 Å². The van der Waals surface area contributed by atoms with Crippen molar-refractivity contribution in [1.29, 1.82) is 0 Å². The SMILES string of the molecule is COC(=O)CN(C(=O)C=Cc1ccc(O)cc1)C(C)C. The summed E-state index contributed by atoms with van der Waals surface area (Å²) in [5.41, 5.74) is 0.790. The van der Waals surface area contributed by atoms with E-state index in [2.05, 4.69) is 4.74 Å². The molecule has 0 fully saturated rings. The molecule has 0 unspecified atom stereocenters. The van der Waals surface area contributed by atoms with Gasteiger partial charge in [-0.1, -0.05) is 12.1 Å². The first-order valence-corrected chi connectivity index (χ1v) is 6.28. The van der Waals surface area contributed by atoms with Crippen molar-refractivity contribution >= 4 is 18.0 Å². The average molecular weight is 277 g/mol. The van der Waals surface area contributed by atoms with Crippen LogP contribution in [0.15, 0.2) is 30.3 Å². The van der Waals surface area contributed by atoms with E-state index in [9.17, 15) is 14.7 Å². The molecule has 0 aliphatic heterocycles. The molecule has 0 saturated carbocycles. The first-order chi connectivity index (χ1) is 9.43. The highest BCUT2D eigenvalue weighted by atomic mass is 16.5. The fourth-order valence-electron chi connectivity index (χ4n) is 1.57. The lowest BCUT2D eigenvalue weighted by Crippen LogP contribution is -2.40. The number of hydrogen-bond acceptors (Lipinski definition) is 4. The monoisotopic (exact) mass is 277 g/mol. The molecule has 0 bridgehead atoms. The van der Waals surface area contributed by atoms with E-state index in [0.717, 1.165) is 5.56 Å². The summed E-state index contributed by atoms with van der Waals surface area (Å²) < 4.78 is 4.57. The third-order valence-electron chi connectivity index (χ3n) is 2.74. The van der Waals surface area contributed by atoms with Crippen molar-refractivity contribution in [3.8, 4) is 5.75 Å². The number of amides is 1. The minimum absolute atomic E-state index is 0.0765. The van der Waals surface area contributed by atoms with E-state index < -0.39 is 5.97 Å². The van der Waals surface area contributed by atoms with Gasteiger partial charge < -0.3 is 14.7 Å². The summed E-state index contributed by atoms with van der Waals surface area (Å²) in [5, 5.41) is 9.17. The molecule has 1 aromatic rings. The number of carbonyl (C=O) groups is 2. The predicted molar refractivity (Wildman–Crippen MR) is 76.0 cm³/mol. The number of carbonyl (C=O) groups excluding carboxylic acids is 2. The van der Waals surface area contributed by atoms with Crippen LogP contribution < -0.4 is 0 Å². The zero-order valence-electron chi connectivity index (χ0n) is 11.9. The van der Waals surface area contributed by atoms with Crippen LogP contribution in [0.1, 0.15) is 19.4 Å². The molecule has 0 radical (unpaired) electrons. The normalized spacial score (nSPS) is 10.8. The van der Waals surface area contributed by atoms with Crippen LogP contribution in [0.2, 0.25) is 0 Å². The van der Waals surface area contributed by atoms with E-state index in [1.165, 1.54) is 18.1 Å². The highest BCUT2D eigenvalue weighted by Crippen LogP contribution is 2.11. The molecule has 0 aliphatic carbocycles. The highest BCUT2D eigenvalue weighted by molar-refractivity contribution is 5.93. The Kier molecular flexibility index (Phi) is 5.77. The molecule has 0 heterocycles. The molecule has 0 spiro atoms. The second-order valence-electron chi connectivity index (χ2n) is 4.56. The number of aromatic hydroxyl groups is 1. The molecular formula is C15H19NO4. The van der Waals surface area contributed by atoms with Crippen molar-refractivity contribution in [2.45, 2.75) is 19.9 Å². The van der Waals surface area contributed by atoms with Crippen LogP contribution in [0.25, 0.3) is 6.08 Å². The van der Waals surface area contributed by atoms with Gasteiger partial charge in [0, 0.05) is 12.1 Å². The smallest absolute Gasteiger partial charge is 0.325 e. The first-order valence-electron chi connectivity index (χ1n) is 6.28. The number of phenolic OH excluding ortho intramolecular Hbond substituents is 1. The van der Waals surface area contributed by atoms with E-state index in [1.54, 1.807) is 30.3 Å². The summed E-state index contributed by atoms with van der Waals surface area (Å²) in [6.07, 6.45) is 3.03. The molecule has 5 heteroatoms. The van der Waals surface area contributed by atoms with Gasteiger partial charge in [-0.3, -0.25) is 9.59 Å². The lowest BCUT2D eigenvalue weighted by Gasteiger charge is -2.23. The van der Waals surface area contributed by atoms with Gasteiger partial charge in [0.25, 0.3) is 0 Å². The van der Waals surface area contributed by atoms with Crippen LogP contribution in [-0.2, 0) is 14.3 Å². The van der Waals surface area contributed by atoms with Gasteiger partial charge in [-0.15, -0.1) is 0 Å². The zero-order chi connectivity index (χ0) is 15.1. The third-order valence-corrected chi connectivity index (χ3v) is 2.74. The van der Waals surface area contributed by atoms with Crippen LogP contribution in [-0.4, -0.2) is 41.6 Å². The van der Waals surface area contributed by atoms with Crippen molar-refractivity contribution in [3.63, 3.8) is 0 Å². The van der Waals surface area contributed by atoms with Crippen LogP contribution in [0, 0.1) is 0 Å². The summed E-state index contributed by atoms with van der Waals surface area (Å²) >= 11 is 0. The molecule has 0 atom stereocenters. The molecule has 0 aromatic heterocycles. The lowest BCUT2D eigenvalue weighted by molar-refractivity contribution is -0.146. The summed E-state index contributed by atoms with van der Waals surface area (Å²) in [6, 6.07) is 6.36. The number of methoxy groups -OCH3 is 1. The second-order valence-corrected chi connectivity index (χ2v) is 4.56. The maximum absolute atomic E-state index is 12.1. The molecule has 1 amide bonds. The van der Waals surface area contributed by atoms with Crippen molar-refractivity contribution in [2.75, 3.05) is 13.7 Å². The van der Waals surface area contributed by atoms with Gasteiger partial charge in [0.05, 0.1) is 7.11 Å². The number of benzene rings is 1. The summed E-state index contributed by atoms with van der Waals surface area (Å²) in [5.74, 6) is -0.550. The Labute approximate surface area is 118 Å². The van der Waals surface area contributed by atoms with Crippen LogP contribution in [0.5, 0.6) is 5.75 Å². The van der Waals surface area contributed by atoms with Crippen molar-refractivity contribution in [1.82, 2.24) is 4.90 Å². The Morgan fingerprint density at radius 3 is 2.40 bits per heavy atom. The molecular weight excluding hydrogens is 258 g/mol. The predicted octanol–water partition coefficient (Wildman–Crippen LogP) is 1.82. The van der Waals surface area contributed by atoms with Gasteiger partial charge >= 0.3 is 5.97 Å². The van der Waals surface area contributed by atoms with Crippen molar-refractivity contribution < 1.29 is 19.4 Å². The van der Waals surface area contributed by atoms with E-state index in [0.29, 0.717) is 0 Å². The van der Waals surface area contributed by atoms with Gasteiger partial charge in [-0.25, -0.2) is 0 Å². The molecule has 1 rings (SSSR count). The van der Waals surface area contributed by atoms with E-state index in [1.807, 2.05) is 13.8 Å². The number of phenols is 1. The average Bonchev–Trinajstić information content (AvgIpc) is 2.43. The van der Waals surface area contributed by atoms with Crippen molar-refractivity contribution in [2.24, 2.45) is 0 Å². The van der Waals surface area contributed by atoms with Gasteiger partial charge in [0.15, 0.2) is 0 Å². The van der Waals surface area contributed by atoms with Crippen LogP contribution >= 0.6 is 0 Å². The molecule has 0 saturated heterocycles. The largest absolute Gasteiger partial charge is 0.508 e. The van der Waals surface area contributed by atoms with Gasteiger partial charge in [-0.2, -0.15) is 0 Å². The van der Waals surface area contributed by atoms with Crippen molar-refractivity contribution in [3.05, 3.63) is 35.9 Å². The second kappa shape index (κ2) is 7.33. The quantitative estimate of drug-likeness (QED) is 0.658. The van der Waals surface area contributed by atoms with E-state index >= 15 is 0 Å². The number of esters is 1. The number of hydrogen-bond donors (Lipinski definition) is 1. The van der Waals surface area contributed by atoms with Gasteiger partial charge in [0.1, 0.15) is 12.3 Å². The number of ether oxygens (including phenoxy) is 1. The number of rotatable bonds is 5. The van der Waals surface area contributed by atoms with E-state index in [-0.39, 0.29) is 24.2 Å². The molecule has 1 N–H and O–H groups in total. The van der Waals surface area contributed by atoms with E-state index in [4.69, 9.17) is 0 Å². The fraction of sp³-hybridized carbons (Fsp3) is 0.333. The lowest BCUT2D eigenvalue weighted by atomic mass is 10.2. The maximum atomic E-state index is 12.1. The Balaban J connectivity index is 2.75. The Hall–Kier alpha value is -2.30. The highest BCUT2D eigenvalue weighted by Gasteiger charge is 2.18. The van der Waals surface area contributed by atoms with Gasteiger partial charge in [0.2, 0.25) is 5.91 Å². The first kappa shape index (κ1) is 15.8. The molecule has 20 heavy (non-hydrogen) atoms. The molecule has 108 valence electrons. The molecule has 0 aliphatic rings. The Morgan fingerprint density at radius 2 is 1.90 bits per heavy atom. The maximum Gasteiger partial charge on any atom is 0.325 e.